The number of thiocarbonyl (C=S) groups is 1. The van der Waals surface area contributed by atoms with Gasteiger partial charge in [0.15, 0.2) is 0 Å². The number of carbonyl (C=O) groups is 2. The number of benzene rings is 3. The first-order chi connectivity index (χ1) is 21.9. The van der Waals surface area contributed by atoms with Crippen molar-refractivity contribution in [2.75, 3.05) is 52.6 Å². The van der Waals surface area contributed by atoms with Gasteiger partial charge in [0.05, 0.1) is 47.6 Å². The molecule has 2 fully saturated rings. The number of ether oxygens (including phenoxy) is 3. The van der Waals surface area contributed by atoms with Crippen LogP contribution in [-0.4, -0.2) is 93.7 Å². The van der Waals surface area contributed by atoms with Crippen molar-refractivity contribution in [3.05, 3.63) is 83.0 Å². The summed E-state index contributed by atoms with van der Waals surface area (Å²) in [7, 11) is 0. The zero-order valence-electron chi connectivity index (χ0n) is 24.4. The van der Waals surface area contributed by atoms with Gasteiger partial charge in [-0.05, 0) is 72.2 Å². The number of nitrogens with zero attached hydrogens (tertiary/aromatic N) is 3. The number of carboxylic acid groups (broad SMARTS) is 1. The number of aromatic amines is 1. The van der Waals surface area contributed by atoms with Gasteiger partial charge in [0.2, 0.25) is 0 Å². The van der Waals surface area contributed by atoms with Crippen LogP contribution in [0.1, 0.15) is 22.3 Å². The number of H-pyrrole nitrogens is 1. The van der Waals surface area contributed by atoms with E-state index < -0.39 is 5.97 Å². The molecule has 0 unspecified atom stereocenters. The van der Waals surface area contributed by atoms with Crippen LogP contribution < -0.4 is 9.47 Å². The predicted octanol–water partition coefficient (Wildman–Crippen LogP) is 5.31. The summed E-state index contributed by atoms with van der Waals surface area (Å²) >= 11 is 6.83. The molecule has 4 aromatic rings. The molecule has 2 saturated heterocycles. The summed E-state index contributed by atoms with van der Waals surface area (Å²) in [4.78, 5) is 36.4. The molecule has 6 rings (SSSR count). The summed E-state index contributed by atoms with van der Waals surface area (Å²) in [6.07, 6.45) is 4.12. The summed E-state index contributed by atoms with van der Waals surface area (Å²) in [5, 5.41) is 9.04. The highest BCUT2D eigenvalue weighted by molar-refractivity contribution is 8.26. The molecule has 3 heterocycles. The Morgan fingerprint density at radius 1 is 1.04 bits per heavy atom. The second-order valence-electron chi connectivity index (χ2n) is 10.6. The van der Waals surface area contributed by atoms with Gasteiger partial charge in [0.1, 0.15) is 22.4 Å². The van der Waals surface area contributed by atoms with Crippen molar-refractivity contribution in [1.82, 2.24) is 19.8 Å². The zero-order valence-corrected chi connectivity index (χ0v) is 26.1. The fraction of sp³-hybridized carbons (Fsp3) is 0.273. The molecule has 3 aromatic carbocycles. The third kappa shape index (κ3) is 7.54. The average molecular weight is 645 g/mol. The molecule has 0 saturated carbocycles. The van der Waals surface area contributed by atoms with E-state index in [2.05, 4.69) is 20.9 Å². The average Bonchev–Trinajstić information content (AvgIpc) is 3.63. The number of carbonyl (C=O) groups excluding carboxylic acids is 1. The first-order valence-electron chi connectivity index (χ1n) is 14.7. The molecule has 0 atom stereocenters. The highest BCUT2D eigenvalue weighted by Crippen LogP contribution is 2.36. The fourth-order valence-corrected chi connectivity index (χ4v) is 6.46. The maximum Gasteiger partial charge on any atom is 0.335 e. The second-order valence-corrected chi connectivity index (χ2v) is 12.2. The highest BCUT2D eigenvalue weighted by Gasteiger charge is 2.31. The van der Waals surface area contributed by atoms with Crippen LogP contribution in [-0.2, 0) is 9.53 Å². The zero-order chi connectivity index (χ0) is 31.2. The molecule has 1 amide bonds. The Labute approximate surface area is 270 Å². The van der Waals surface area contributed by atoms with Crippen molar-refractivity contribution in [3.8, 4) is 22.6 Å². The van der Waals surface area contributed by atoms with E-state index in [4.69, 9.17) is 31.5 Å². The third-order valence-corrected chi connectivity index (χ3v) is 8.95. The Kier molecular flexibility index (Phi) is 9.75. The van der Waals surface area contributed by atoms with Gasteiger partial charge in [-0.3, -0.25) is 14.6 Å². The van der Waals surface area contributed by atoms with Crippen LogP contribution in [0.15, 0.2) is 71.9 Å². The summed E-state index contributed by atoms with van der Waals surface area (Å²) in [6, 6.07) is 18.2. The standard InChI is InChI=1S/C33H32N4O6S2/c38-31-30(45-33(44)37(31)10-1-14-42-25-6-3-23(4-7-25)32(39)40)19-22-2-9-29(43-17-13-36-11-15-41-16-12-36)26(18-22)24-5-8-27-28(20-24)35-21-34-27/h2-9,18-21H,1,10-17H2,(H,34,35)(H,39,40)/b30-19-. The fourth-order valence-electron chi connectivity index (χ4n) is 5.15. The maximum absolute atomic E-state index is 13.3. The number of fused-ring (bicyclic) bond motifs is 1. The Morgan fingerprint density at radius 3 is 2.67 bits per heavy atom. The maximum atomic E-state index is 13.3. The number of thioether (sulfide) groups is 1. The molecule has 45 heavy (non-hydrogen) atoms. The van der Waals surface area contributed by atoms with Gasteiger partial charge in [-0.1, -0.05) is 36.1 Å². The lowest BCUT2D eigenvalue weighted by Crippen LogP contribution is -2.38. The Hall–Kier alpha value is -4.23. The molecule has 2 N–H and O–H groups in total. The monoisotopic (exact) mass is 644 g/mol. The van der Waals surface area contributed by atoms with Crippen LogP contribution in [0.25, 0.3) is 28.2 Å². The minimum absolute atomic E-state index is 0.137. The first kappa shape index (κ1) is 30.8. The quantitative estimate of drug-likeness (QED) is 0.119. The number of amides is 1. The van der Waals surface area contributed by atoms with E-state index in [0.717, 1.165) is 66.3 Å². The van der Waals surface area contributed by atoms with Crippen LogP contribution in [0, 0.1) is 0 Å². The van der Waals surface area contributed by atoms with Gasteiger partial charge in [-0.15, -0.1) is 0 Å². The molecule has 2 aliphatic rings. The van der Waals surface area contributed by atoms with Crippen molar-refractivity contribution in [3.63, 3.8) is 0 Å². The lowest BCUT2D eigenvalue weighted by atomic mass is 10.0. The summed E-state index contributed by atoms with van der Waals surface area (Å²) in [5.41, 5.74) is 4.78. The van der Waals surface area contributed by atoms with Crippen molar-refractivity contribution in [2.45, 2.75) is 6.42 Å². The van der Waals surface area contributed by atoms with E-state index in [0.29, 0.717) is 41.2 Å². The molecule has 0 bridgehead atoms. The van der Waals surface area contributed by atoms with E-state index >= 15 is 0 Å². The number of hydrogen-bond donors (Lipinski definition) is 2. The van der Waals surface area contributed by atoms with Gasteiger partial charge in [0, 0.05) is 31.7 Å². The number of imidazole rings is 1. The number of carboxylic acids is 1. The smallest absolute Gasteiger partial charge is 0.335 e. The van der Waals surface area contributed by atoms with Crippen LogP contribution in [0.3, 0.4) is 0 Å². The number of nitrogens with one attached hydrogen (secondary N) is 1. The summed E-state index contributed by atoms with van der Waals surface area (Å²) < 4.78 is 18.0. The first-order valence-corrected chi connectivity index (χ1v) is 15.9. The molecule has 10 nitrogen and oxygen atoms in total. The normalized spacial score (nSPS) is 16.5. The van der Waals surface area contributed by atoms with E-state index in [-0.39, 0.29) is 11.5 Å². The summed E-state index contributed by atoms with van der Waals surface area (Å²) in [6.45, 7) is 5.44. The van der Waals surface area contributed by atoms with E-state index in [1.807, 2.05) is 36.4 Å². The molecule has 12 heteroatoms. The topological polar surface area (TPSA) is 117 Å². The Balaban J connectivity index is 1.13. The predicted molar refractivity (Wildman–Crippen MR) is 178 cm³/mol. The van der Waals surface area contributed by atoms with E-state index in [1.54, 1.807) is 23.4 Å². The number of hydrogen-bond acceptors (Lipinski definition) is 9. The number of morpholine rings is 1. The van der Waals surface area contributed by atoms with Gasteiger partial charge in [0.25, 0.3) is 5.91 Å². The molecule has 0 radical (unpaired) electrons. The van der Waals surface area contributed by atoms with Crippen LogP contribution in [0.2, 0.25) is 0 Å². The lowest BCUT2D eigenvalue weighted by molar-refractivity contribution is -0.122. The largest absolute Gasteiger partial charge is 0.494 e. The molecule has 2 aliphatic heterocycles. The third-order valence-electron chi connectivity index (χ3n) is 7.57. The van der Waals surface area contributed by atoms with Gasteiger partial charge >= 0.3 is 5.97 Å². The summed E-state index contributed by atoms with van der Waals surface area (Å²) in [5.74, 6) is 0.215. The number of rotatable bonds is 12. The second kappa shape index (κ2) is 14.2. The highest BCUT2D eigenvalue weighted by atomic mass is 32.2. The lowest BCUT2D eigenvalue weighted by Gasteiger charge is -2.26. The SMILES string of the molecule is O=C(O)c1ccc(OCCCN2C(=O)/C(=C/c3ccc(OCCN4CCOCC4)c(-c4ccc5nc[nH]c5c4)c3)SC2=S)cc1. The van der Waals surface area contributed by atoms with Crippen molar-refractivity contribution in [1.29, 1.82) is 0 Å². The Bertz CT molecular complexity index is 1730. The molecular weight excluding hydrogens is 613 g/mol. The Morgan fingerprint density at radius 2 is 1.87 bits per heavy atom. The molecule has 0 aliphatic carbocycles. The van der Waals surface area contributed by atoms with Crippen molar-refractivity contribution < 1.29 is 28.9 Å². The number of aromatic carboxylic acids is 1. The molecular formula is C33H32N4O6S2. The van der Waals surface area contributed by atoms with Crippen LogP contribution in [0.4, 0.5) is 0 Å². The molecule has 232 valence electrons. The van der Waals surface area contributed by atoms with E-state index in [1.165, 1.54) is 23.9 Å². The minimum Gasteiger partial charge on any atom is -0.494 e. The van der Waals surface area contributed by atoms with Gasteiger partial charge in [-0.25, -0.2) is 9.78 Å². The van der Waals surface area contributed by atoms with Crippen molar-refractivity contribution in [2.24, 2.45) is 0 Å². The van der Waals surface area contributed by atoms with Crippen LogP contribution in [0.5, 0.6) is 11.5 Å². The van der Waals surface area contributed by atoms with Gasteiger partial charge in [-0.2, -0.15) is 0 Å². The van der Waals surface area contributed by atoms with Crippen LogP contribution >= 0.6 is 24.0 Å². The number of aromatic nitrogens is 2. The van der Waals surface area contributed by atoms with Crippen molar-refractivity contribution >= 4 is 57.3 Å². The molecule has 1 aromatic heterocycles. The van der Waals surface area contributed by atoms with Gasteiger partial charge < -0.3 is 24.3 Å². The van der Waals surface area contributed by atoms with E-state index in [9.17, 15) is 9.59 Å². The minimum atomic E-state index is -0.987. The molecule has 0 spiro atoms.